The molecule has 0 spiro atoms. The Bertz CT molecular complexity index is 623. The molecule has 3 rings (SSSR count). The zero-order valence-corrected chi connectivity index (χ0v) is 11.0. The fourth-order valence-corrected chi connectivity index (χ4v) is 2.29. The van der Waals surface area contributed by atoms with Crippen molar-refractivity contribution in [2.24, 2.45) is 0 Å². The second kappa shape index (κ2) is 5.24. The van der Waals surface area contributed by atoms with E-state index in [0.29, 0.717) is 12.4 Å². The van der Waals surface area contributed by atoms with Crippen LogP contribution >= 0.6 is 0 Å². The SMILES string of the molecule is Nc1ccn(CCCN2C(=O)COc3ccccc32)n1. The van der Waals surface area contributed by atoms with E-state index in [2.05, 4.69) is 5.10 Å². The highest BCUT2D eigenvalue weighted by Crippen LogP contribution is 2.31. The number of carbonyl (C=O) groups is 1. The number of amides is 1. The lowest BCUT2D eigenvalue weighted by Crippen LogP contribution is -2.39. The van der Waals surface area contributed by atoms with Gasteiger partial charge in [-0.1, -0.05) is 12.1 Å². The molecule has 1 aliphatic rings. The summed E-state index contributed by atoms with van der Waals surface area (Å²) >= 11 is 0. The van der Waals surface area contributed by atoms with Crippen LogP contribution in [0.2, 0.25) is 0 Å². The molecular weight excluding hydrogens is 256 g/mol. The lowest BCUT2D eigenvalue weighted by molar-refractivity contribution is -0.121. The zero-order valence-electron chi connectivity index (χ0n) is 11.0. The van der Waals surface area contributed by atoms with Crippen molar-refractivity contribution in [2.75, 3.05) is 23.8 Å². The Morgan fingerprint density at radius 2 is 2.10 bits per heavy atom. The number of fused-ring (bicyclic) bond motifs is 1. The number of rotatable bonds is 4. The standard InChI is InChI=1S/C14H16N4O2/c15-13-6-9-17(16-13)7-3-8-18-11-4-1-2-5-12(11)20-10-14(18)19/h1-2,4-6,9H,3,7-8,10H2,(H2,15,16). The molecule has 6 nitrogen and oxygen atoms in total. The van der Waals surface area contributed by atoms with Gasteiger partial charge in [-0.15, -0.1) is 0 Å². The van der Waals surface area contributed by atoms with E-state index in [4.69, 9.17) is 10.5 Å². The average molecular weight is 272 g/mol. The molecule has 0 saturated heterocycles. The summed E-state index contributed by atoms with van der Waals surface area (Å²) in [6.45, 7) is 1.47. The maximum atomic E-state index is 12.0. The molecule has 2 aromatic rings. The molecule has 1 amide bonds. The molecule has 1 aliphatic heterocycles. The zero-order chi connectivity index (χ0) is 13.9. The van der Waals surface area contributed by atoms with Gasteiger partial charge in [0.2, 0.25) is 0 Å². The highest BCUT2D eigenvalue weighted by atomic mass is 16.5. The minimum Gasteiger partial charge on any atom is -0.482 e. The van der Waals surface area contributed by atoms with Gasteiger partial charge in [0.25, 0.3) is 5.91 Å². The van der Waals surface area contributed by atoms with E-state index in [0.717, 1.165) is 24.4 Å². The number of aryl methyl sites for hydroxylation is 1. The van der Waals surface area contributed by atoms with Gasteiger partial charge in [-0.05, 0) is 24.6 Å². The summed E-state index contributed by atoms with van der Waals surface area (Å²) in [4.78, 5) is 13.7. The number of hydrogen-bond donors (Lipinski definition) is 1. The number of para-hydroxylation sites is 2. The van der Waals surface area contributed by atoms with Crippen LogP contribution in [0.25, 0.3) is 0 Å². The summed E-state index contributed by atoms with van der Waals surface area (Å²) in [7, 11) is 0. The average Bonchev–Trinajstić information content (AvgIpc) is 2.87. The van der Waals surface area contributed by atoms with Crippen LogP contribution in [0.15, 0.2) is 36.5 Å². The first-order chi connectivity index (χ1) is 9.74. The van der Waals surface area contributed by atoms with Gasteiger partial charge < -0.3 is 15.4 Å². The molecular formula is C14H16N4O2. The third-order valence-electron chi connectivity index (χ3n) is 3.24. The van der Waals surface area contributed by atoms with Crippen LogP contribution in [0.1, 0.15) is 6.42 Å². The number of hydrogen-bond acceptors (Lipinski definition) is 4. The third kappa shape index (κ3) is 2.45. The van der Waals surface area contributed by atoms with Gasteiger partial charge in [0.15, 0.2) is 6.61 Å². The molecule has 6 heteroatoms. The van der Waals surface area contributed by atoms with Gasteiger partial charge in [-0.25, -0.2) is 0 Å². The normalized spacial score (nSPS) is 14.0. The summed E-state index contributed by atoms with van der Waals surface area (Å²) in [6.07, 6.45) is 2.64. The molecule has 0 atom stereocenters. The van der Waals surface area contributed by atoms with E-state index >= 15 is 0 Å². The van der Waals surface area contributed by atoms with Crippen LogP contribution in [0, 0.1) is 0 Å². The summed E-state index contributed by atoms with van der Waals surface area (Å²) in [5, 5.41) is 4.12. The summed E-state index contributed by atoms with van der Waals surface area (Å²) < 4.78 is 7.19. The van der Waals surface area contributed by atoms with E-state index < -0.39 is 0 Å². The fourth-order valence-electron chi connectivity index (χ4n) is 2.29. The molecule has 0 fully saturated rings. The van der Waals surface area contributed by atoms with Crippen LogP contribution in [-0.2, 0) is 11.3 Å². The molecule has 2 N–H and O–H groups in total. The molecule has 20 heavy (non-hydrogen) atoms. The van der Waals surface area contributed by atoms with Gasteiger partial charge in [-0.2, -0.15) is 5.10 Å². The summed E-state index contributed by atoms with van der Waals surface area (Å²) in [5.74, 6) is 1.26. The first-order valence-corrected chi connectivity index (χ1v) is 6.55. The molecule has 1 aromatic carbocycles. The van der Waals surface area contributed by atoms with E-state index in [1.165, 1.54) is 0 Å². The van der Waals surface area contributed by atoms with Crippen LogP contribution in [0.3, 0.4) is 0 Å². The van der Waals surface area contributed by atoms with Crippen molar-refractivity contribution in [3.8, 4) is 5.75 Å². The lowest BCUT2D eigenvalue weighted by Gasteiger charge is -2.29. The number of ether oxygens (including phenoxy) is 1. The van der Waals surface area contributed by atoms with Crippen LogP contribution < -0.4 is 15.4 Å². The Kier molecular flexibility index (Phi) is 3.28. The Balaban J connectivity index is 1.66. The van der Waals surface area contributed by atoms with Crippen molar-refractivity contribution in [2.45, 2.75) is 13.0 Å². The molecule has 0 saturated carbocycles. The van der Waals surface area contributed by atoms with E-state index in [1.807, 2.05) is 30.5 Å². The lowest BCUT2D eigenvalue weighted by atomic mass is 10.2. The van der Waals surface area contributed by atoms with Crippen molar-refractivity contribution < 1.29 is 9.53 Å². The van der Waals surface area contributed by atoms with Crippen molar-refractivity contribution in [1.82, 2.24) is 9.78 Å². The van der Waals surface area contributed by atoms with Gasteiger partial charge in [0.05, 0.1) is 5.69 Å². The van der Waals surface area contributed by atoms with E-state index in [9.17, 15) is 4.79 Å². The monoisotopic (exact) mass is 272 g/mol. The van der Waals surface area contributed by atoms with Crippen LogP contribution in [0.4, 0.5) is 11.5 Å². The molecule has 0 aliphatic carbocycles. The second-order valence-electron chi connectivity index (χ2n) is 4.66. The van der Waals surface area contributed by atoms with Crippen molar-refractivity contribution >= 4 is 17.4 Å². The number of nitrogen functional groups attached to an aromatic ring is 1. The number of nitrogens with two attached hydrogens (primary N) is 1. The minimum atomic E-state index is -0.0105. The Labute approximate surface area is 116 Å². The molecule has 0 bridgehead atoms. The Morgan fingerprint density at radius 3 is 2.90 bits per heavy atom. The number of carbonyl (C=O) groups excluding carboxylic acids is 1. The largest absolute Gasteiger partial charge is 0.482 e. The Hall–Kier alpha value is -2.50. The number of anilines is 2. The fraction of sp³-hybridized carbons (Fsp3) is 0.286. The first-order valence-electron chi connectivity index (χ1n) is 6.55. The highest BCUT2D eigenvalue weighted by Gasteiger charge is 2.24. The summed E-state index contributed by atoms with van der Waals surface area (Å²) in [5.41, 5.74) is 6.40. The number of aromatic nitrogens is 2. The van der Waals surface area contributed by atoms with Crippen molar-refractivity contribution in [3.05, 3.63) is 36.5 Å². The molecule has 104 valence electrons. The van der Waals surface area contributed by atoms with Crippen LogP contribution in [0.5, 0.6) is 5.75 Å². The number of benzene rings is 1. The quantitative estimate of drug-likeness (QED) is 0.910. The maximum absolute atomic E-state index is 12.0. The Morgan fingerprint density at radius 1 is 1.25 bits per heavy atom. The van der Waals surface area contributed by atoms with Crippen molar-refractivity contribution in [1.29, 1.82) is 0 Å². The predicted octanol–water partition coefficient (Wildman–Crippen LogP) is 1.28. The molecule has 2 heterocycles. The summed E-state index contributed by atoms with van der Waals surface area (Å²) in [6, 6.07) is 9.35. The second-order valence-corrected chi connectivity index (χ2v) is 4.66. The van der Waals surface area contributed by atoms with E-state index in [1.54, 1.807) is 15.6 Å². The smallest absolute Gasteiger partial charge is 0.265 e. The molecule has 1 aromatic heterocycles. The molecule has 0 radical (unpaired) electrons. The minimum absolute atomic E-state index is 0.0105. The topological polar surface area (TPSA) is 73.4 Å². The van der Waals surface area contributed by atoms with Crippen LogP contribution in [-0.4, -0.2) is 28.8 Å². The van der Waals surface area contributed by atoms with Gasteiger partial charge in [0, 0.05) is 19.3 Å². The predicted molar refractivity (Wildman–Crippen MR) is 75.5 cm³/mol. The first kappa shape index (κ1) is 12.5. The third-order valence-corrected chi connectivity index (χ3v) is 3.24. The van der Waals surface area contributed by atoms with E-state index in [-0.39, 0.29) is 12.5 Å². The van der Waals surface area contributed by atoms with Gasteiger partial charge >= 0.3 is 0 Å². The highest BCUT2D eigenvalue weighted by molar-refractivity contribution is 5.97. The van der Waals surface area contributed by atoms with Crippen molar-refractivity contribution in [3.63, 3.8) is 0 Å². The molecule has 0 unspecified atom stereocenters. The number of nitrogens with zero attached hydrogens (tertiary/aromatic N) is 3. The van der Waals surface area contributed by atoms with Gasteiger partial charge in [0.1, 0.15) is 11.6 Å². The maximum Gasteiger partial charge on any atom is 0.265 e. The van der Waals surface area contributed by atoms with Gasteiger partial charge in [-0.3, -0.25) is 9.48 Å².